The summed E-state index contributed by atoms with van der Waals surface area (Å²) < 4.78 is 5.95. The van der Waals surface area contributed by atoms with Crippen LogP contribution >= 0.6 is 0 Å². The molecule has 0 aromatic heterocycles. The van der Waals surface area contributed by atoms with Gasteiger partial charge in [0.05, 0.1) is 18.3 Å². The van der Waals surface area contributed by atoms with Crippen LogP contribution in [0.3, 0.4) is 0 Å². The second-order valence-corrected chi connectivity index (χ2v) is 5.18. The molecule has 1 N–H and O–H groups in total. The SMILES string of the molecule is C/C=C/[C@@H](O)[C@H](C)C(C)(C)OCc1ccccc1. The van der Waals surface area contributed by atoms with Gasteiger partial charge < -0.3 is 9.84 Å². The Kier molecular flexibility index (Phi) is 5.57. The smallest absolute Gasteiger partial charge is 0.0773 e. The minimum Gasteiger partial charge on any atom is -0.389 e. The Morgan fingerprint density at radius 2 is 1.89 bits per heavy atom. The predicted molar refractivity (Wildman–Crippen MR) is 75.3 cm³/mol. The average molecular weight is 248 g/mol. The van der Waals surface area contributed by atoms with Crippen molar-refractivity contribution in [1.82, 2.24) is 0 Å². The lowest BCUT2D eigenvalue weighted by Gasteiger charge is -2.34. The van der Waals surface area contributed by atoms with Crippen LogP contribution in [-0.4, -0.2) is 16.8 Å². The van der Waals surface area contributed by atoms with E-state index in [0.717, 1.165) is 5.56 Å². The molecule has 0 aliphatic heterocycles. The average Bonchev–Trinajstić information content (AvgIpc) is 2.37. The summed E-state index contributed by atoms with van der Waals surface area (Å²) in [6.45, 7) is 8.53. The summed E-state index contributed by atoms with van der Waals surface area (Å²) in [6.07, 6.45) is 3.20. The van der Waals surface area contributed by atoms with E-state index >= 15 is 0 Å². The summed E-state index contributed by atoms with van der Waals surface area (Å²) in [5, 5.41) is 9.98. The molecule has 2 heteroatoms. The molecule has 2 atom stereocenters. The summed E-state index contributed by atoms with van der Waals surface area (Å²) in [5.41, 5.74) is 0.785. The number of rotatable bonds is 6. The number of benzene rings is 1. The van der Waals surface area contributed by atoms with Crippen LogP contribution < -0.4 is 0 Å². The van der Waals surface area contributed by atoms with Gasteiger partial charge in [0.25, 0.3) is 0 Å². The second-order valence-electron chi connectivity index (χ2n) is 5.18. The third-order valence-corrected chi connectivity index (χ3v) is 3.45. The first-order valence-corrected chi connectivity index (χ1v) is 6.46. The van der Waals surface area contributed by atoms with E-state index in [0.29, 0.717) is 6.61 Å². The van der Waals surface area contributed by atoms with Crippen LogP contribution in [0.15, 0.2) is 42.5 Å². The molecular weight excluding hydrogens is 224 g/mol. The van der Waals surface area contributed by atoms with E-state index < -0.39 is 6.10 Å². The summed E-state index contributed by atoms with van der Waals surface area (Å²) in [5.74, 6) is 0.0393. The van der Waals surface area contributed by atoms with E-state index in [-0.39, 0.29) is 11.5 Å². The molecule has 0 aliphatic rings. The molecule has 0 heterocycles. The van der Waals surface area contributed by atoms with Gasteiger partial charge in [0, 0.05) is 5.92 Å². The Hall–Kier alpha value is -1.12. The van der Waals surface area contributed by atoms with Gasteiger partial charge in [-0.1, -0.05) is 49.4 Å². The highest BCUT2D eigenvalue weighted by Crippen LogP contribution is 2.26. The molecule has 1 rings (SSSR count). The molecular formula is C16H24O2. The van der Waals surface area contributed by atoms with Gasteiger partial charge in [0.2, 0.25) is 0 Å². The zero-order chi connectivity index (χ0) is 13.6. The fraction of sp³-hybridized carbons (Fsp3) is 0.500. The highest BCUT2D eigenvalue weighted by molar-refractivity contribution is 5.13. The third-order valence-electron chi connectivity index (χ3n) is 3.45. The van der Waals surface area contributed by atoms with E-state index in [1.165, 1.54) is 0 Å². The molecule has 0 fully saturated rings. The molecule has 0 saturated heterocycles. The molecule has 2 nitrogen and oxygen atoms in total. The van der Waals surface area contributed by atoms with Crippen molar-refractivity contribution in [3.05, 3.63) is 48.0 Å². The van der Waals surface area contributed by atoms with Crippen LogP contribution in [0.5, 0.6) is 0 Å². The number of aliphatic hydroxyl groups excluding tert-OH is 1. The van der Waals surface area contributed by atoms with Crippen molar-refractivity contribution in [3.8, 4) is 0 Å². The Balaban J connectivity index is 2.58. The van der Waals surface area contributed by atoms with Gasteiger partial charge in [0.15, 0.2) is 0 Å². The lowest BCUT2D eigenvalue weighted by Crippen LogP contribution is -2.39. The van der Waals surface area contributed by atoms with Gasteiger partial charge in [-0.3, -0.25) is 0 Å². The van der Waals surface area contributed by atoms with Crippen LogP contribution in [0.2, 0.25) is 0 Å². The third kappa shape index (κ3) is 4.28. The van der Waals surface area contributed by atoms with Gasteiger partial charge in [-0.25, -0.2) is 0 Å². The molecule has 1 aromatic rings. The standard InChI is InChI=1S/C16H24O2/c1-5-9-15(17)13(2)16(3,4)18-12-14-10-7-6-8-11-14/h5-11,13,15,17H,12H2,1-4H3/b9-5+/t13-,15+/m0/s1. The lowest BCUT2D eigenvalue weighted by atomic mass is 9.87. The number of allylic oxidation sites excluding steroid dienone is 1. The fourth-order valence-corrected chi connectivity index (χ4v) is 1.75. The van der Waals surface area contributed by atoms with E-state index in [9.17, 15) is 5.11 Å². The Morgan fingerprint density at radius 1 is 1.28 bits per heavy atom. The first-order valence-electron chi connectivity index (χ1n) is 6.46. The molecule has 0 bridgehead atoms. The van der Waals surface area contributed by atoms with Crippen LogP contribution in [-0.2, 0) is 11.3 Å². The van der Waals surface area contributed by atoms with Crippen LogP contribution in [0.25, 0.3) is 0 Å². The van der Waals surface area contributed by atoms with Crippen LogP contribution in [0.1, 0.15) is 33.3 Å². The summed E-state index contributed by atoms with van der Waals surface area (Å²) in [7, 11) is 0. The minimum absolute atomic E-state index is 0.0393. The summed E-state index contributed by atoms with van der Waals surface area (Å²) in [6, 6.07) is 10.1. The number of aliphatic hydroxyl groups is 1. The maximum Gasteiger partial charge on any atom is 0.0773 e. The number of ether oxygens (including phenoxy) is 1. The molecule has 18 heavy (non-hydrogen) atoms. The van der Waals surface area contributed by atoms with Crippen molar-refractivity contribution >= 4 is 0 Å². The lowest BCUT2D eigenvalue weighted by molar-refractivity contribution is -0.0904. The van der Waals surface area contributed by atoms with Crippen molar-refractivity contribution < 1.29 is 9.84 Å². The second kappa shape index (κ2) is 6.72. The number of hydrogen-bond acceptors (Lipinski definition) is 2. The molecule has 0 spiro atoms. The zero-order valence-electron chi connectivity index (χ0n) is 11.8. The van der Waals surface area contributed by atoms with Crippen molar-refractivity contribution in [2.45, 2.75) is 46.0 Å². The molecule has 0 aliphatic carbocycles. The first kappa shape index (κ1) is 14.9. The first-order chi connectivity index (χ1) is 8.47. The van der Waals surface area contributed by atoms with E-state index in [2.05, 4.69) is 0 Å². The normalized spacial score (nSPS) is 15.8. The van der Waals surface area contributed by atoms with Gasteiger partial charge in [-0.15, -0.1) is 0 Å². The largest absolute Gasteiger partial charge is 0.389 e. The maximum absolute atomic E-state index is 9.98. The van der Waals surface area contributed by atoms with Gasteiger partial charge in [-0.05, 0) is 26.3 Å². The van der Waals surface area contributed by atoms with Crippen LogP contribution in [0.4, 0.5) is 0 Å². The Labute approximate surface area is 110 Å². The zero-order valence-corrected chi connectivity index (χ0v) is 11.8. The molecule has 0 amide bonds. The van der Waals surface area contributed by atoms with Crippen molar-refractivity contribution in [2.24, 2.45) is 5.92 Å². The summed E-state index contributed by atoms with van der Waals surface area (Å²) >= 11 is 0. The Bertz CT molecular complexity index is 368. The van der Waals surface area contributed by atoms with E-state index in [1.807, 2.05) is 64.1 Å². The monoisotopic (exact) mass is 248 g/mol. The van der Waals surface area contributed by atoms with Gasteiger partial charge >= 0.3 is 0 Å². The van der Waals surface area contributed by atoms with E-state index in [4.69, 9.17) is 4.74 Å². The molecule has 1 aromatic carbocycles. The van der Waals surface area contributed by atoms with E-state index in [1.54, 1.807) is 6.08 Å². The molecule has 0 radical (unpaired) electrons. The van der Waals surface area contributed by atoms with Crippen LogP contribution in [0, 0.1) is 5.92 Å². The molecule has 0 unspecified atom stereocenters. The fourth-order valence-electron chi connectivity index (χ4n) is 1.75. The minimum atomic E-state index is -0.472. The Morgan fingerprint density at radius 3 is 2.44 bits per heavy atom. The quantitative estimate of drug-likeness (QED) is 0.780. The molecule has 100 valence electrons. The van der Waals surface area contributed by atoms with Gasteiger partial charge in [-0.2, -0.15) is 0 Å². The van der Waals surface area contributed by atoms with Crippen molar-refractivity contribution in [1.29, 1.82) is 0 Å². The summed E-state index contributed by atoms with van der Waals surface area (Å²) in [4.78, 5) is 0. The maximum atomic E-state index is 9.98. The molecule has 0 saturated carbocycles. The van der Waals surface area contributed by atoms with Crippen molar-refractivity contribution in [3.63, 3.8) is 0 Å². The highest BCUT2D eigenvalue weighted by Gasteiger charge is 2.30. The van der Waals surface area contributed by atoms with Gasteiger partial charge in [0.1, 0.15) is 0 Å². The predicted octanol–water partition coefficient (Wildman–Crippen LogP) is 3.55. The topological polar surface area (TPSA) is 29.5 Å². The van der Waals surface area contributed by atoms with Crippen molar-refractivity contribution in [2.75, 3.05) is 0 Å². The highest BCUT2D eigenvalue weighted by atomic mass is 16.5. The number of hydrogen-bond donors (Lipinski definition) is 1.